The van der Waals surface area contributed by atoms with Gasteiger partial charge in [-0.15, -0.1) is 0 Å². The van der Waals surface area contributed by atoms with Crippen LogP contribution in [0, 0.1) is 5.41 Å². The number of hydrogen-bond donors (Lipinski definition) is 1. The number of hydrogen-bond acceptors (Lipinski definition) is 4. The van der Waals surface area contributed by atoms with E-state index in [9.17, 15) is 4.79 Å². The number of rotatable bonds is 5. The first-order valence-corrected chi connectivity index (χ1v) is 5.78. The second-order valence-corrected chi connectivity index (χ2v) is 4.97. The molecule has 2 rings (SSSR count). The normalized spacial score (nSPS) is 17.7. The highest BCUT2D eigenvalue weighted by Gasteiger charge is 2.44. The molecule has 15 heavy (non-hydrogen) atoms. The van der Waals surface area contributed by atoms with Gasteiger partial charge in [0.05, 0.1) is 6.42 Å². The summed E-state index contributed by atoms with van der Waals surface area (Å²) in [6, 6.07) is 0. The maximum absolute atomic E-state index is 10.6. The Morgan fingerprint density at radius 3 is 2.93 bits per heavy atom. The SMILES string of the molecule is Cn1ncnc1SCC1(CC(=O)O)CC1. The molecule has 6 heteroatoms. The molecule has 0 bridgehead atoms. The molecule has 0 amide bonds. The molecular formula is C9H13N3O2S. The van der Waals surface area contributed by atoms with Gasteiger partial charge in [-0.1, -0.05) is 11.8 Å². The molecule has 1 fully saturated rings. The van der Waals surface area contributed by atoms with Crippen molar-refractivity contribution in [1.82, 2.24) is 14.8 Å². The van der Waals surface area contributed by atoms with Gasteiger partial charge in [-0.3, -0.25) is 4.79 Å². The van der Waals surface area contributed by atoms with Gasteiger partial charge in [-0.25, -0.2) is 9.67 Å². The van der Waals surface area contributed by atoms with Crippen LogP contribution in [0.3, 0.4) is 0 Å². The fourth-order valence-electron chi connectivity index (χ4n) is 1.50. The summed E-state index contributed by atoms with van der Waals surface area (Å²) in [7, 11) is 1.84. The van der Waals surface area contributed by atoms with Gasteiger partial charge < -0.3 is 5.11 Å². The van der Waals surface area contributed by atoms with Crippen molar-refractivity contribution in [2.45, 2.75) is 24.4 Å². The Hall–Kier alpha value is -1.04. The van der Waals surface area contributed by atoms with Gasteiger partial charge in [0.15, 0.2) is 5.16 Å². The van der Waals surface area contributed by atoms with Crippen LogP contribution in [0.4, 0.5) is 0 Å². The fourth-order valence-corrected chi connectivity index (χ4v) is 2.69. The van der Waals surface area contributed by atoms with Crippen LogP contribution in [0.5, 0.6) is 0 Å². The highest BCUT2D eigenvalue weighted by Crippen LogP contribution is 2.51. The average Bonchev–Trinajstić information content (AvgIpc) is 2.78. The van der Waals surface area contributed by atoms with Crippen molar-refractivity contribution in [3.63, 3.8) is 0 Å². The molecule has 0 aromatic carbocycles. The van der Waals surface area contributed by atoms with Gasteiger partial charge in [0.1, 0.15) is 6.33 Å². The number of nitrogens with zero attached hydrogens (tertiary/aromatic N) is 3. The quantitative estimate of drug-likeness (QED) is 0.764. The number of carbonyl (C=O) groups is 1. The Morgan fingerprint density at radius 2 is 2.47 bits per heavy atom. The molecule has 0 saturated heterocycles. The Labute approximate surface area is 91.9 Å². The number of aromatic nitrogens is 3. The molecule has 0 aliphatic heterocycles. The van der Waals surface area contributed by atoms with Crippen molar-refractivity contribution < 1.29 is 9.90 Å². The summed E-state index contributed by atoms with van der Waals surface area (Å²) in [6.45, 7) is 0. The minimum absolute atomic E-state index is 0.0163. The maximum atomic E-state index is 10.6. The zero-order chi connectivity index (χ0) is 10.9. The molecule has 1 aliphatic carbocycles. The summed E-state index contributed by atoms with van der Waals surface area (Å²) in [5.74, 6) is 0.123. The lowest BCUT2D eigenvalue weighted by atomic mass is 10.1. The van der Waals surface area contributed by atoms with Crippen molar-refractivity contribution in [3.8, 4) is 0 Å². The first-order valence-electron chi connectivity index (χ1n) is 4.80. The highest BCUT2D eigenvalue weighted by atomic mass is 32.2. The first-order chi connectivity index (χ1) is 7.11. The van der Waals surface area contributed by atoms with E-state index < -0.39 is 5.97 Å². The number of carboxylic acids is 1. The van der Waals surface area contributed by atoms with Crippen LogP contribution in [0.25, 0.3) is 0 Å². The molecular weight excluding hydrogens is 214 g/mol. The van der Waals surface area contributed by atoms with Gasteiger partial charge >= 0.3 is 5.97 Å². The van der Waals surface area contributed by atoms with Crippen molar-refractivity contribution in [3.05, 3.63) is 6.33 Å². The molecule has 1 heterocycles. The van der Waals surface area contributed by atoms with Crippen molar-refractivity contribution in [2.24, 2.45) is 12.5 Å². The van der Waals surface area contributed by atoms with Gasteiger partial charge in [0.25, 0.3) is 0 Å². The van der Waals surface area contributed by atoms with E-state index in [1.54, 1.807) is 16.4 Å². The lowest BCUT2D eigenvalue weighted by Crippen LogP contribution is -2.11. The minimum atomic E-state index is -0.703. The number of aliphatic carboxylic acids is 1. The van der Waals surface area contributed by atoms with E-state index >= 15 is 0 Å². The Morgan fingerprint density at radius 1 is 1.73 bits per heavy atom. The molecule has 1 saturated carbocycles. The topological polar surface area (TPSA) is 68.0 Å². The van der Waals surface area contributed by atoms with Crippen LogP contribution >= 0.6 is 11.8 Å². The Kier molecular flexibility index (Phi) is 2.68. The third-order valence-electron chi connectivity index (χ3n) is 2.66. The van der Waals surface area contributed by atoms with E-state index in [0.717, 1.165) is 23.8 Å². The number of aryl methyl sites for hydroxylation is 1. The van der Waals surface area contributed by atoms with Crippen LogP contribution in [-0.2, 0) is 11.8 Å². The third kappa shape index (κ3) is 2.50. The predicted molar refractivity (Wildman–Crippen MR) is 55.6 cm³/mol. The molecule has 1 aromatic heterocycles. The van der Waals surface area contributed by atoms with E-state index in [-0.39, 0.29) is 11.8 Å². The molecule has 1 aromatic rings. The largest absolute Gasteiger partial charge is 0.481 e. The number of thioether (sulfide) groups is 1. The molecule has 0 atom stereocenters. The molecule has 0 unspecified atom stereocenters. The summed E-state index contributed by atoms with van der Waals surface area (Å²) in [6.07, 6.45) is 3.82. The smallest absolute Gasteiger partial charge is 0.303 e. The minimum Gasteiger partial charge on any atom is -0.481 e. The zero-order valence-corrected chi connectivity index (χ0v) is 9.33. The summed E-state index contributed by atoms with van der Waals surface area (Å²) in [5, 5.41) is 13.6. The van der Waals surface area contributed by atoms with Crippen LogP contribution in [0.1, 0.15) is 19.3 Å². The second kappa shape index (κ2) is 3.84. The van der Waals surface area contributed by atoms with Gasteiger partial charge in [-0.05, 0) is 18.3 Å². The lowest BCUT2D eigenvalue weighted by Gasteiger charge is -2.10. The van der Waals surface area contributed by atoms with E-state index in [1.165, 1.54) is 6.33 Å². The van der Waals surface area contributed by atoms with E-state index in [4.69, 9.17) is 5.11 Å². The highest BCUT2D eigenvalue weighted by molar-refractivity contribution is 7.99. The maximum Gasteiger partial charge on any atom is 0.303 e. The standard InChI is InChI=1S/C9H13N3O2S/c1-12-8(10-6-11-12)15-5-9(2-3-9)4-7(13)14/h6H,2-5H2,1H3,(H,13,14). The Balaban J connectivity index is 1.88. The Bertz CT molecular complexity index is 373. The fraction of sp³-hybridized carbons (Fsp3) is 0.667. The van der Waals surface area contributed by atoms with E-state index in [2.05, 4.69) is 10.1 Å². The monoisotopic (exact) mass is 227 g/mol. The summed E-state index contributed by atoms with van der Waals surface area (Å²) in [5.41, 5.74) is 0.0163. The number of carboxylic acid groups (broad SMARTS) is 1. The summed E-state index contributed by atoms with van der Waals surface area (Å²) >= 11 is 1.59. The van der Waals surface area contributed by atoms with Crippen LogP contribution in [0.15, 0.2) is 11.5 Å². The first kappa shape index (κ1) is 10.5. The molecule has 0 radical (unpaired) electrons. The van der Waals surface area contributed by atoms with Crippen LogP contribution < -0.4 is 0 Å². The van der Waals surface area contributed by atoms with Crippen LogP contribution in [0.2, 0.25) is 0 Å². The van der Waals surface area contributed by atoms with Crippen molar-refractivity contribution >= 4 is 17.7 Å². The molecule has 0 spiro atoms. The summed E-state index contributed by atoms with van der Waals surface area (Å²) < 4.78 is 1.71. The van der Waals surface area contributed by atoms with Crippen LogP contribution in [-0.4, -0.2) is 31.6 Å². The molecule has 82 valence electrons. The van der Waals surface area contributed by atoms with E-state index in [0.29, 0.717) is 0 Å². The third-order valence-corrected chi connectivity index (χ3v) is 4.05. The molecule has 5 nitrogen and oxygen atoms in total. The van der Waals surface area contributed by atoms with Gasteiger partial charge in [0.2, 0.25) is 0 Å². The van der Waals surface area contributed by atoms with Crippen molar-refractivity contribution in [1.29, 1.82) is 0 Å². The molecule has 1 aliphatic rings. The summed E-state index contributed by atoms with van der Waals surface area (Å²) in [4.78, 5) is 14.7. The van der Waals surface area contributed by atoms with Gasteiger partial charge in [0, 0.05) is 12.8 Å². The predicted octanol–water partition coefficient (Wildman–Crippen LogP) is 1.16. The second-order valence-electron chi connectivity index (χ2n) is 4.03. The van der Waals surface area contributed by atoms with E-state index in [1.807, 2.05) is 7.05 Å². The van der Waals surface area contributed by atoms with Crippen molar-refractivity contribution in [2.75, 3.05) is 5.75 Å². The molecule has 1 N–H and O–H groups in total. The average molecular weight is 227 g/mol. The lowest BCUT2D eigenvalue weighted by molar-refractivity contribution is -0.138. The van der Waals surface area contributed by atoms with Gasteiger partial charge in [-0.2, -0.15) is 5.10 Å². The zero-order valence-electron chi connectivity index (χ0n) is 8.51.